The van der Waals surface area contributed by atoms with Crippen molar-refractivity contribution in [3.8, 4) is 0 Å². The molecule has 4 nitrogen and oxygen atoms in total. The van der Waals surface area contributed by atoms with E-state index in [9.17, 15) is 9.90 Å². The van der Waals surface area contributed by atoms with Crippen LogP contribution in [0.5, 0.6) is 0 Å². The molecule has 2 N–H and O–H groups in total. The average Bonchev–Trinajstić information content (AvgIpc) is 2.47. The fraction of sp³-hybridized carbons (Fsp3) is 0.125. The minimum absolute atomic E-state index is 0.0358. The fourth-order valence-corrected chi connectivity index (χ4v) is 2.08. The molecular weight excluding hydrogens is 191 g/mol. The summed E-state index contributed by atoms with van der Waals surface area (Å²) < 4.78 is 4.95. The Morgan fingerprint density at radius 2 is 2.31 bits per heavy atom. The van der Waals surface area contributed by atoms with Crippen LogP contribution in [-0.4, -0.2) is 16.2 Å². The number of hydrogen-bond donors (Lipinski definition) is 2. The van der Waals surface area contributed by atoms with Crippen molar-refractivity contribution in [3.05, 3.63) is 29.3 Å². The fourth-order valence-electron chi connectivity index (χ4n) is 1.18. The van der Waals surface area contributed by atoms with Crippen LogP contribution in [-0.2, 0) is 4.52 Å². The first-order valence-electron chi connectivity index (χ1n) is 3.65. The highest BCUT2D eigenvalue weighted by molar-refractivity contribution is 7.42. The first kappa shape index (κ1) is 8.63. The first-order chi connectivity index (χ1) is 6.18. The molecule has 13 heavy (non-hydrogen) atoms. The molecule has 1 aromatic rings. The van der Waals surface area contributed by atoms with Crippen molar-refractivity contribution in [2.24, 2.45) is 0 Å². The summed E-state index contributed by atoms with van der Waals surface area (Å²) in [6.45, 7) is 0. The van der Waals surface area contributed by atoms with Crippen molar-refractivity contribution in [2.75, 3.05) is 0 Å². The number of benzene rings is 1. The average molecular weight is 198 g/mol. The summed E-state index contributed by atoms with van der Waals surface area (Å²) in [5.41, 5.74) is 0.896. The SMILES string of the molecule is O=C(O)c1ccc2c(c1)POC2O. The summed E-state index contributed by atoms with van der Waals surface area (Å²) in [6.07, 6.45) is -0.892. The molecule has 1 heterocycles. The van der Waals surface area contributed by atoms with Gasteiger partial charge >= 0.3 is 5.97 Å². The molecule has 2 rings (SSSR count). The summed E-state index contributed by atoms with van der Waals surface area (Å²) in [5.74, 6) is -0.964. The maximum absolute atomic E-state index is 10.6. The number of carboxylic acid groups (broad SMARTS) is 1. The van der Waals surface area contributed by atoms with Gasteiger partial charge in [-0.2, -0.15) is 0 Å². The number of aliphatic hydroxyl groups excluding tert-OH is 1. The van der Waals surface area contributed by atoms with Crippen molar-refractivity contribution < 1.29 is 19.5 Å². The highest BCUT2D eigenvalue weighted by Gasteiger charge is 2.21. The van der Waals surface area contributed by atoms with Gasteiger partial charge in [-0.25, -0.2) is 4.79 Å². The smallest absolute Gasteiger partial charge is 0.335 e. The van der Waals surface area contributed by atoms with Crippen LogP contribution in [0.3, 0.4) is 0 Å². The van der Waals surface area contributed by atoms with Gasteiger partial charge in [0.1, 0.15) is 0 Å². The Balaban J connectivity index is 2.45. The maximum atomic E-state index is 10.6. The van der Waals surface area contributed by atoms with Gasteiger partial charge in [-0.3, -0.25) is 0 Å². The number of rotatable bonds is 1. The number of fused-ring (bicyclic) bond motifs is 1. The molecule has 0 fully saturated rings. The molecule has 0 aliphatic carbocycles. The van der Waals surface area contributed by atoms with Crippen molar-refractivity contribution in [3.63, 3.8) is 0 Å². The van der Waals surface area contributed by atoms with Crippen LogP contribution in [0.4, 0.5) is 0 Å². The van der Waals surface area contributed by atoms with E-state index in [2.05, 4.69) is 0 Å². The third-order valence-electron chi connectivity index (χ3n) is 1.85. The number of aromatic carboxylic acids is 1. The van der Waals surface area contributed by atoms with Crippen LogP contribution in [0.2, 0.25) is 0 Å². The number of hydrogen-bond acceptors (Lipinski definition) is 3. The molecule has 0 aromatic heterocycles. The van der Waals surface area contributed by atoms with E-state index in [1.165, 1.54) is 12.1 Å². The van der Waals surface area contributed by atoms with Crippen LogP contribution in [0.15, 0.2) is 18.2 Å². The first-order valence-corrected chi connectivity index (χ1v) is 4.56. The van der Waals surface area contributed by atoms with Crippen LogP contribution in [0.25, 0.3) is 0 Å². The van der Waals surface area contributed by atoms with Crippen molar-refractivity contribution in [1.82, 2.24) is 0 Å². The van der Waals surface area contributed by atoms with E-state index in [0.29, 0.717) is 5.56 Å². The predicted octanol–water partition coefficient (Wildman–Crippen LogP) is 0.625. The lowest BCUT2D eigenvalue weighted by atomic mass is 10.1. The van der Waals surface area contributed by atoms with Gasteiger partial charge in [0, 0.05) is 10.9 Å². The van der Waals surface area contributed by atoms with Gasteiger partial charge in [0.2, 0.25) is 0 Å². The van der Waals surface area contributed by atoms with E-state index >= 15 is 0 Å². The summed E-state index contributed by atoms with van der Waals surface area (Å²) in [7, 11) is 0.0358. The van der Waals surface area contributed by atoms with Crippen LogP contribution in [0, 0.1) is 0 Å². The molecule has 0 bridgehead atoms. The second-order valence-electron chi connectivity index (χ2n) is 2.68. The van der Waals surface area contributed by atoms with Gasteiger partial charge in [-0.1, -0.05) is 6.07 Å². The molecule has 0 radical (unpaired) electrons. The van der Waals surface area contributed by atoms with E-state index in [1.54, 1.807) is 6.07 Å². The molecule has 5 heteroatoms. The molecule has 1 aliphatic heterocycles. The lowest BCUT2D eigenvalue weighted by Crippen LogP contribution is -2.05. The molecule has 2 atom stereocenters. The van der Waals surface area contributed by atoms with Crippen molar-refractivity contribution >= 4 is 20.1 Å². The van der Waals surface area contributed by atoms with Crippen molar-refractivity contribution in [2.45, 2.75) is 6.29 Å². The molecule has 2 unspecified atom stereocenters. The Hall–Kier alpha value is -0.960. The zero-order valence-electron chi connectivity index (χ0n) is 6.52. The summed E-state index contributed by atoms with van der Waals surface area (Å²) >= 11 is 0. The monoisotopic (exact) mass is 198 g/mol. The maximum Gasteiger partial charge on any atom is 0.335 e. The topological polar surface area (TPSA) is 66.8 Å². The standard InChI is InChI=1S/C8H7O4P/c9-7(10)4-1-2-5-6(3-4)13-12-8(5)11/h1-3,8,11,13H,(H,9,10). The Kier molecular flexibility index (Phi) is 2.04. The molecule has 0 saturated carbocycles. The lowest BCUT2D eigenvalue weighted by Gasteiger charge is -2.01. The number of aliphatic hydroxyl groups is 1. The minimum Gasteiger partial charge on any atom is -0.478 e. The van der Waals surface area contributed by atoms with Crippen LogP contribution < -0.4 is 5.30 Å². The second kappa shape index (κ2) is 3.07. The molecular formula is C8H7O4P. The van der Waals surface area contributed by atoms with Gasteiger partial charge in [-0.05, 0) is 12.1 Å². The predicted molar refractivity (Wildman–Crippen MR) is 47.4 cm³/mol. The zero-order valence-corrected chi connectivity index (χ0v) is 7.52. The number of carboxylic acids is 1. The lowest BCUT2D eigenvalue weighted by molar-refractivity contribution is 0.000644. The van der Waals surface area contributed by atoms with Crippen molar-refractivity contribution in [1.29, 1.82) is 0 Å². The van der Waals surface area contributed by atoms with E-state index < -0.39 is 12.3 Å². The van der Waals surface area contributed by atoms with Crippen LogP contribution in [0.1, 0.15) is 22.2 Å². The largest absolute Gasteiger partial charge is 0.478 e. The Bertz CT molecular complexity index is 363. The highest BCUT2D eigenvalue weighted by Crippen LogP contribution is 2.33. The third-order valence-corrected chi connectivity index (χ3v) is 2.84. The highest BCUT2D eigenvalue weighted by atomic mass is 31.1. The van der Waals surface area contributed by atoms with E-state index in [4.69, 9.17) is 9.63 Å². The second-order valence-corrected chi connectivity index (χ2v) is 3.66. The summed E-state index contributed by atoms with van der Waals surface area (Å²) in [6, 6.07) is 4.58. The third kappa shape index (κ3) is 1.44. The Morgan fingerprint density at radius 1 is 1.54 bits per heavy atom. The van der Waals surface area contributed by atoms with Gasteiger partial charge in [-0.15, -0.1) is 0 Å². The number of carbonyl (C=O) groups is 1. The van der Waals surface area contributed by atoms with Gasteiger partial charge in [0.25, 0.3) is 0 Å². The molecule has 0 spiro atoms. The van der Waals surface area contributed by atoms with E-state index in [1.807, 2.05) is 0 Å². The molecule has 0 amide bonds. The zero-order chi connectivity index (χ0) is 9.42. The van der Waals surface area contributed by atoms with E-state index in [-0.39, 0.29) is 14.4 Å². The van der Waals surface area contributed by atoms with Crippen LogP contribution >= 0.6 is 8.81 Å². The Morgan fingerprint density at radius 3 is 3.00 bits per heavy atom. The molecule has 0 saturated heterocycles. The Labute approximate surface area is 76.0 Å². The summed E-state index contributed by atoms with van der Waals surface area (Å²) in [5, 5.41) is 18.7. The molecule has 68 valence electrons. The normalized spacial score (nSPS) is 21.8. The molecule has 1 aliphatic rings. The molecule has 1 aromatic carbocycles. The summed E-state index contributed by atoms with van der Waals surface area (Å²) in [4.78, 5) is 10.6. The van der Waals surface area contributed by atoms with Gasteiger partial charge in [0.15, 0.2) is 6.29 Å². The minimum atomic E-state index is -0.964. The van der Waals surface area contributed by atoms with Gasteiger partial charge < -0.3 is 14.7 Å². The van der Waals surface area contributed by atoms with E-state index in [0.717, 1.165) is 5.30 Å². The quantitative estimate of drug-likeness (QED) is 0.649. The van der Waals surface area contributed by atoms with Gasteiger partial charge in [0.05, 0.1) is 14.4 Å².